The maximum atomic E-state index is 5.84. The molecule has 1 rings (SSSR count). The smallest absolute Gasteiger partial charge is 0.0704 e. The van der Waals surface area contributed by atoms with Crippen LogP contribution in [-0.2, 0) is 9.47 Å². The summed E-state index contributed by atoms with van der Waals surface area (Å²) in [5.41, 5.74) is 0.265. The van der Waals surface area contributed by atoms with Gasteiger partial charge >= 0.3 is 0 Å². The first-order valence-electron chi connectivity index (χ1n) is 6.55. The zero-order chi connectivity index (χ0) is 12.0. The molecular formula is C13H27NO2. The fourth-order valence-corrected chi connectivity index (χ4v) is 2.23. The highest BCUT2D eigenvalue weighted by Gasteiger charge is 2.48. The topological polar surface area (TPSA) is 30.5 Å². The molecule has 3 heteroatoms. The zero-order valence-electron chi connectivity index (χ0n) is 11.2. The van der Waals surface area contributed by atoms with Crippen molar-refractivity contribution in [2.75, 3.05) is 26.4 Å². The van der Waals surface area contributed by atoms with Gasteiger partial charge in [-0.1, -0.05) is 20.8 Å². The van der Waals surface area contributed by atoms with E-state index in [2.05, 4.69) is 26.1 Å². The first kappa shape index (κ1) is 13.9. The maximum Gasteiger partial charge on any atom is 0.0704 e. The summed E-state index contributed by atoms with van der Waals surface area (Å²) >= 11 is 0. The largest absolute Gasteiger partial charge is 0.379 e. The third-order valence-electron chi connectivity index (χ3n) is 3.57. The SMILES string of the molecule is CCCNC1CC(OCCOCC)C1(C)C. The number of hydrogen-bond acceptors (Lipinski definition) is 3. The molecule has 0 aliphatic heterocycles. The van der Waals surface area contributed by atoms with E-state index in [-0.39, 0.29) is 5.41 Å². The van der Waals surface area contributed by atoms with Crippen LogP contribution in [0.4, 0.5) is 0 Å². The Balaban J connectivity index is 2.16. The lowest BCUT2D eigenvalue weighted by Gasteiger charge is -2.52. The second kappa shape index (κ2) is 6.58. The van der Waals surface area contributed by atoms with Crippen LogP contribution < -0.4 is 5.32 Å². The van der Waals surface area contributed by atoms with Gasteiger partial charge in [-0.15, -0.1) is 0 Å². The molecule has 1 saturated carbocycles. The summed E-state index contributed by atoms with van der Waals surface area (Å²) in [5, 5.41) is 3.58. The van der Waals surface area contributed by atoms with Gasteiger partial charge in [0.05, 0.1) is 19.3 Å². The maximum absolute atomic E-state index is 5.84. The Hall–Kier alpha value is -0.120. The molecule has 0 amide bonds. The Morgan fingerprint density at radius 2 is 2.00 bits per heavy atom. The van der Waals surface area contributed by atoms with Crippen LogP contribution in [0.25, 0.3) is 0 Å². The van der Waals surface area contributed by atoms with Gasteiger partial charge in [0, 0.05) is 18.1 Å². The Labute approximate surface area is 99.9 Å². The highest BCUT2D eigenvalue weighted by atomic mass is 16.5. The number of hydrogen-bond donors (Lipinski definition) is 1. The molecule has 1 N–H and O–H groups in total. The Morgan fingerprint density at radius 3 is 2.56 bits per heavy atom. The molecule has 0 aromatic carbocycles. The molecular weight excluding hydrogens is 202 g/mol. The molecule has 1 aliphatic rings. The Kier molecular flexibility index (Phi) is 5.73. The molecule has 0 aromatic rings. The van der Waals surface area contributed by atoms with E-state index in [4.69, 9.17) is 9.47 Å². The van der Waals surface area contributed by atoms with Gasteiger partial charge in [0.25, 0.3) is 0 Å². The quantitative estimate of drug-likeness (QED) is 0.647. The zero-order valence-corrected chi connectivity index (χ0v) is 11.2. The van der Waals surface area contributed by atoms with E-state index in [1.54, 1.807) is 0 Å². The van der Waals surface area contributed by atoms with Crippen LogP contribution in [0.5, 0.6) is 0 Å². The molecule has 2 unspecified atom stereocenters. The minimum absolute atomic E-state index is 0.265. The van der Waals surface area contributed by atoms with Crippen molar-refractivity contribution in [1.29, 1.82) is 0 Å². The lowest BCUT2D eigenvalue weighted by molar-refractivity contribution is -0.126. The van der Waals surface area contributed by atoms with E-state index in [1.807, 2.05) is 6.92 Å². The first-order valence-corrected chi connectivity index (χ1v) is 6.55. The van der Waals surface area contributed by atoms with Crippen molar-refractivity contribution >= 4 is 0 Å². The van der Waals surface area contributed by atoms with E-state index in [9.17, 15) is 0 Å². The van der Waals surface area contributed by atoms with E-state index < -0.39 is 0 Å². The van der Waals surface area contributed by atoms with E-state index in [0.717, 1.165) is 32.8 Å². The second-order valence-electron chi connectivity index (χ2n) is 5.12. The van der Waals surface area contributed by atoms with Gasteiger partial charge in [0.2, 0.25) is 0 Å². The summed E-state index contributed by atoms with van der Waals surface area (Å²) in [6, 6.07) is 0.615. The van der Waals surface area contributed by atoms with Gasteiger partial charge in [-0.05, 0) is 26.3 Å². The van der Waals surface area contributed by atoms with Crippen molar-refractivity contribution in [3.63, 3.8) is 0 Å². The molecule has 96 valence electrons. The van der Waals surface area contributed by atoms with Gasteiger partial charge in [-0.3, -0.25) is 0 Å². The van der Waals surface area contributed by atoms with E-state index in [1.165, 1.54) is 6.42 Å². The lowest BCUT2D eigenvalue weighted by Crippen LogP contribution is -2.61. The van der Waals surface area contributed by atoms with Gasteiger partial charge < -0.3 is 14.8 Å². The predicted molar refractivity (Wildman–Crippen MR) is 66.7 cm³/mol. The molecule has 2 atom stereocenters. The molecule has 0 spiro atoms. The molecule has 0 bridgehead atoms. The van der Waals surface area contributed by atoms with Gasteiger partial charge in [-0.2, -0.15) is 0 Å². The Morgan fingerprint density at radius 1 is 1.25 bits per heavy atom. The van der Waals surface area contributed by atoms with Crippen LogP contribution >= 0.6 is 0 Å². The lowest BCUT2D eigenvalue weighted by atomic mass is 9.64. The third kappa shape index (κ3) is 3.44. The predicted octanol–water partition coefficient (Wildman–Crippen LogP) is 2.21. The molecule has 1 fully saturated rings. The molecule has 0 heterocycles. The van der Waals surface area contributed by atoms with Gasteiger partial charge in [0.1, 0.15) is 0 Å². The summed E-state index contributed by atoms with van der Waals surface area (Å²) in [7, 11) is 0. The molecule has 0 radical (unpaired) electrons. The van der Waals surface area contributed by atoms with Crippen LogP contribution in [0.3, 0.4) is 0 Å². The highest BCUT2D eigenvalue weighted by Crippen LogP contribution is 2.42. The standard InChI is InChI=1S/C13H27NO2/c1-5-7-14-11-10-12(13(11,3)4)16-9-8-15-6-2/h11-12,14H,5-10H2,1-4H3. The number of rotatable bonds is 8. The molecule has 3 nitrogen and oxygen atoms in total. The number of ether oxygens (including phenoxy) is 2. The fourth-order valence-electron chi connectivity index (χ4n) is 2.23. The molecule has 0 saturated heterocycles. The summed E-state index contributed by atoms with van der Waals surface area (Å²) in [5.74, 6) is 0. The van der Waals surface area contributed by atoms with E-state index >= 15 is 0 Å². The highest BCUT2D eigenvalue weighted by molar-refractivity contribution is 5.02. The van der Waals surface area contributed by atoms with Crippen LogP contribution in [0.1, 0.15) is 40.5 Å². The van der Waals surface area contributed by atoms with Crippen LogP contribution in [0.2, 0.25) is 0 Å². The summed E-state index contributed by atoms with van der Waals surface area (Å²) in [6.45, 7) is 12.1. The normalized spacial score (nSPS) is 27.8. The van der Waals surface area contributed by atoms with Gasteiger partial charge in [-0.25, -0.2) is 0 Å². The van der Waals surface area contributed by atoms with Crippen LogP contribution in [-0.4, -0.2) is 38.5 Å². The average molecular weight is 229 g/mol. The average Bonchev–Trinajstić information content (AvgIpc) is 2.26. The van der Waals surface area contributed by atoms with Crippen molar-refractivity contribution < 1.29 is 9.47 Å². The Bertz CT molecular complexity index is 192. The minimum Gasteiger partial charge on any atom is -0.379 e. The van der Waals surface area contributed by atoms with Crippen molar-refractivity contribution in [3.05, 3.63) is 0 Å². The van der Waals surface area contributed by atoms with Gasteiger partial charge in [0.15, 0.2) is 0 Å². The van der Waals surface area contributed by atoms with Crippen molar-refractivity contribution in [1.82, 2.24) is 5.32 Å². The third-order valence-corrected chi connectivity index (χ3v) is 3.57. The van der Waals surface area contributed by atoms with Crippen LogP contribution in [0.15, 0.2) is 0 Å². The molecule has 0 aromatic heterocycles. The molecule has 16 heavy (non-hydrogen) atoms. The molecule has 1 aliphatic carbocycles. The number of nitrogens with one attached hydrogen (secondary N) is 1. The van der Waals surface area contributed by atoms with Crippen molar-refractivity contribution in [2.24, 2.45) is 5.41 Å². The monoisotopic (exact) mass is 229 g/mol. The van der Waals surface area contributed by atoms with Crippen LogP contribution in [0, 0.1) is 5.41 Å². The first-order chi connectivity index (χ1) is 7.62. The second-order valence-corrected chi connectivity index (χ2v) is 5.12. The van der Waals surface area contributed by atoms with Crippen molar-refractivity contribution in [3.8, 4) is 0 Å². The fraction of sp³-hybridized carbons (Fsp3) is 1.00. The minimum atomic E-state index is 0.265. The van der Waals surface area contributed by atoms with E-state index in [0.29, 0.717) is 12.1 Å². The summed E-state index contributed by atoms with van der Waals surface area (Å²) in [4.78, 5) is 0. The summed E-state index contributed by atoms with van der Waals surface area (Å²) in [6.07, 6.45) is 2.73. The van der Waals surface area contributed by atoms with Crippen molar-refractivity contribution in [2.45, 2.75) is 52.7 Å². The summed E-state index contributed by atoms with van der Waals surface area (Å²) < 4.78 is 11.1.